The molecule has 1 spiro atoms. The molecule has 4 heteroatoms. The van der Waals surface area contributed by atoms with E-state index >= 15 is 0 Å². The molecule has 1 aromatic heterocycles. The van der Waals surface area contributed by atoms with Gasteiger partial charge in [-0.15, -0.1) is 0 Å². The van der Waals surface area contributed by atoms with Gasteiger partial charge in [0.05, 0.1) is 16.9 Å². The van der Waals surface area contributed by atoms with Crippen LogP contribution in [0.2, 0.25) is 0 Å². The second-order valence-electron chi connectivity index (χ2n) is 5.89. The number of imidazole rings is 1. The second-order valence-corrected chi connectivity index (χ2v) is 5.89. The molecule has 0 amide bonds. The number of aryl methyl sites for hydroxylation is 1. The lowest BCUT2D eigenvalue weighted by Crippen LogP contribution is -2.21. The first-order valence-corrected chi connectivity index (χ1v) is 6.67. The third kappa shape index (κ3) is 1.35. The van der Waals surface area contributed by atoms with Crippen LogP contribution in [-0.4, -0.2) is 23.1 Å². The van der Waals surface area contributed by atoms with Crippen LogP contribution in [0.15, 0.2) is 12.1 Å². The molecule has 1 saturated carbocycles. The van der Waals surface area contributed by atoms with E-state index in [4.69, 9.17) is 5.73 Å². The van der Waals surface area contributed by atoms with Gasteiger partial charge < -0.3 is 15.6 Å². The van der Waals surface area contributed by atoms with E-state index in [2.05, 4.69) is 14.9 Å². The summed E-state index contributed by atoms with van der Waals surface area (Å²) in [6, 6.07) is 4.02. The van der Waals surface area contributed by atoms with Gasteiger partial charge in [0.2, 0.25) is 0 Å². The van der Waals surface area contributed by atoms with Crippen molar-refractivity contribution in [3.8, 4) is 0 Å². The smallest absolute Gasteiger partial charge is 0.114 e. The number of fused-ring (bicyclic) bond motifs is 1. The van der Waals surface area contributed by atoms with Crippen LogP contribution in [0.3, 0.4) is 0 Å². The highest BCUT2D eigenvalue weighted by Crippen LogP contribution is 2.54. The van der Waals surface area contributed by atoms with Gasteiger partial charge in [-0.2, -0.15) is 0 Å². The Hall–Kier alpha value is -1.71. The van der Waals surface area contributed by atoms with Crippen LogP contribution in [0.5, 0.6) is 0 Å². The number of anilines is 2. The van der Waals surface area contributed by atoms with Crippen molar-refractivity contribution in [2.45, 2.75) is 26.2 Å². The Morgan fingerprint density at radius 3 is 2.89 bits per heavy atom. The number of aromatic nitrogens is 2. The fourth-order valence-electron chi connectivity index (χ4n) is 3.24. The summed E-state index contributed by atoms with van der Waals surface area (Å²) in [6.07, 6.45) is 4.09. The Morgan fingerprint density at radius 2 is 2.17 bits per heavy atom. The molecule has 94 valence electrons. The molecule has 1 aromatic carbocycles. The van der Waals surface area contributed by atoms with Crippen molar-refractivity contribution in [1.82, 2.24) is 9.97 Å². The van der Waals surface area contributed by atoms with Crippen LogP contribution in [0, 0.1) is 12.3 Å². The highest BCUT2D eigenvalue weighted by Gasteiger charge is 2.48. The summed E-state index contributed by atoms with van der Waals surface area (Å²) in [5.74, 6) is 0.956. The number of nitrogens with zero attached hydrogens (tertiary/aromatic N) is 2. The fraction of sp³-hybridized carbons (Fsp3) is 0.500. The second kappa shape index (κ2) is 3.19. The van der Waals surface area contributed by atoms with Crippen molar-refractivity contribution in [3.05, 3.63) is 18.0 Å². The molecule has 4 nitrogen and oxygen atoms in total. The van der Waals surface area contributed by atoms with Crippen molar-refractivity contribution in [1.29, 1.82) is 0 Å². The molecule has 0 radical (unpaired) electrons. The summed E-state index contributed by atoms with van der Waals surface area (Å²) in [7, 11) is 0. The van der Waals surface area contributed by atoms with E-state index < -0.39 is 0 Å². The van der Waals surface area contributed by atoms with Gasteiger partial charge in [-0.3, -0.25) is 0 Å². The van der Waals surface area contributed by atoms with Crippen LogP contribution in [0.4, 0.5) is 11.4 Å². The Kier molecular flexibility index (Phi) is 1.81. The lowest BCUT2D eigenvalue weighted by atomic mass is 10.1. The third-order valence-corrected chi connectivity index (χ3v) is 4.49. The average Bonchev–Trinajstić information content (AvgIpc) is 2.79. The van der Waals surface area contributed by atoms with Crippen molar-refractivity contribution in [2.75, 3.05) is 23.7 Å². The zero-order chi connectivity index (χ0) is 12.3. The molecule has 1 aliphatic heterocycles. The molecule has 2 aromatic rings. The van der Waals surface area contributed by atoms with E-state index in [9.17, 15) is 0 Å². The lowest BCUT2D eigenvalue weighted by Gasteiger charge is -2.21. The zero-order valence-electron chi connectivity index (χ0n) is 10.7. The standard InChI is InChI=1S/C14H18N4/c1-9-16-11-3-2-10(15)13(12(11)17-9)18-7-6-14(8-18)4-5-14/h2-3H,4-8,15H2,1H3,(H,16,17). The molecule has 0 bridgehead atoms. The summed E-state index contributed by atoms with van der Waals surface area (Å²) in [5.41, 5.74) is 10.9. The highest BCUT2D eigenvalue weighted by molar-refractivity contribution is 5.96. The van der Waals surface area contributed by atoms with E-state index in [1.54, 1.807) is 0 Å². The lowest BCUT2D eigenvalue weighted by molar-refractivity contribution is 0.581. The molecule has 4 rings (SSSR count). The predicted octanol–water partition coefficient (Wildman–Crippen LogP) is 2.44. The van der Waals surface area contributed by atoms with Gasteiger partial charge in [-0.25, -0.2) is 4.98 Å². The maximum atomic E-state index is 6.19. The molecule has 1 aliphatic carbocycles. The quantitative estimate of drug-likeness (QED) is 0.755. The van der Waals surface area contributed by atoms with Gasteiger partial charge in [0, 0.05) is 13.1 Å². The maximum Gasteiger partial charge on any atom is 0.114 e. The minimum atomic E-state index is 0.611. The SMILES string of the molecule is Cc1nc2c(N3CCC4(CC4)C3)c(N)ccc2[nH]1. The zero-order valence-corrected chi connectivity index (χ0v) is 10.7. The average molecular weight is 242 g/mol. The Labute approximate surface area is 106 Å². The van der Waals surface area contributed by atoms with E-state index in [-0.39, 0.29) is 0 Å². The van der Waals surface area contributed by atoms with Crippen LogP contribution in [-0.2, 0) is 0 Å². The molecule has 18 heavy (non-hydrogen) atoms. The van der Waals surface area contributed by atoms with Crippen LogP contribution < -0.4 is 10.6 Å². The van der Waals surface area contributed by atoms with Crippen LogP contribution in [0.1, 0.15) is 25.1 Å². The molecule has 0 unspecified atom stereocenters. The monoisotopic (exact) mass is 242 g/mol. The number of benzene rings is 1. The topological polar surface area (TPSA) is 57.9 Å². The summed E-state index contributed by atoms with van der Waals surface area (Å²) in [4.78, 5) is 10.3. The van der Waals surface area contributed by atoms with E-state index in [1.807, 2.05) is 19.1 Å². The van der Waals surface area contributed by atoms with Gasteiger partial charge in [0.15, 0.2) is 0 Å². The van der Waals surface area contributed by atoms with E-state index in [0.717, 1.165) is 41.3 Å². The minimum absolute atomic E-state index is 0.611. The number of H-pyrrole nitrogens is 1. The molecule has 2 heterocycles. The predicted molar refractivity (Wildman–Crippen MR) is 73.7 cm³/mol. The first kappa shape index (κ1) is 10.2. The number of nitrogens with one attached hydrogen (secondary N) is 1. The molecule has 2 fully saturated rings. The van der Waals surface area contributed by atoms with E-state index in [0.29, 0.717) is 5.41 Å². The summed E-state index contributed by atoms with van der Waals surface area (Å²) in [5, 5.41) is 0. The van der Waals surface area contributed by atoms with Crippen LogP contribution >= 0.6 is 0 Å². The molecular weight excluding hydrogens is 224 g/mol. The first-order valence-electron chi connectivity index (χ1n) is 6.67. The summed E-state index contributed by atoms with van der Waals surface area (Å²) < 4.78 is 0. The van der Waals surface area contributed by atoms with Crippen molar-refractivity contribution in [2.24, 2.45) is 5.41 Å². The molecular formula is C14H18N4. The van der Waals surface area contributed by atoms with Gasteiger partial charge >= 0.3 is 0 Å². The maximum absolute atomic E-state index is 6.19. The number of rotatable bonds is 1. The number of hydrogen-bond acceptors (Lipinski definition) is 3. The molecule has 1 saturated heterocycles. The largest absolute Gasteiger partial charge is 0.397 e. The van der Waals surface area contributed by atoms with Crippen molar-refractivity contribution in [3.63, 3.8) is 0 Å². The number of aromatic amines is 1. The Balaban J connectivity index is 1.85. The molecule has 2 aliphatic rings. The Morgan fingerprint density at radius 1 is 1.33 bits per heavy atom. The molecule has 0 atom stereocenters. The van der Waals surface area contributed by atoms with Crippen LogP contribution in [0.25, 0.3) is 11.0 Å². The minimum Gasteiger partial charge on any atom is -0.397 e. The van der Waals surface area contributed by atoms with Crippen molar-refractivity contribution < 1.29 is 0 Å². The normalized spacial score (nSPS) is 21.1. The highest BCUT2D eigenvalue weighted by atomic mass is 15.2. The number of hydrogen-bond donors (Lipinski definition) is 2. The number of nitrogens with two attached hydrogens (primary N) is 1. The van der Waals surface area contributed by atoms with Gasteiger partial charge in [-0.05, 0) is 43.7 Å². The Bertz CT molecular complexity index is 624. The van der Waals surface area contributed by atoms with Crippen molar-refractivity contribution >= 4 is 22.4 Å². The summed E-state index contributed by atoms with van der Waals surface area (Å²) >= 11 is 0. The van der Waals surface area contributed by atoms with Gasteiger partial charge in [0.1, 0.15) is 11.3 Å². The third-order valence-electron chi connectivity index (χ3n) is 4.49. The first-order chi connectivity index (χ1) is 8.67. The van der Waals surface area contributed by atoms with Gasteiger partial charge in [0.25, 0.3) is 0 Å². The number of nitrogen functional groups attached to an aromatic ring is 1. The fourth-order valence-corrected chi connectivity index (χ4v) is 3.24. The van der Waals surface area contributed by atoms with E-state index in [1.165, 1.54) is 19.3 Å². The van der Waals surface area contributed by atoms with Gasteiger partial charge in [-0.1, -0.05) is 0 Å². The summed E-state index contributed by atoms with van der Waals surface area (Å²) in [6.45, 7) is 4.27. The molecule has 3 N–H and O–H groups in total.